The molecule has 7 heavy (non-hydrogen) atoms. The topological polar surface area (TPSA) is 0 Å². The first-order valence-corrected chi connectivity index (χ1v) is 2.01. The van der Waals surface area contributed by atoms with E-state index in [0.717, 1.165) is 0 Å². The van der Waals surface area contributed by atoms with E-state index in [1.165, 1.54) is 0 Å². The number of hydrogen-bond donors (Lipinski definition) is 0. The van der Waals surface area contributed by atoms with Crippen molar-refractivity contribution < 1.29 is 8.78 Å². The van der Waals surface area contributed by atoms with Crippen molar-refractivity contribution >= 4 is 0 Å². The molecule has 0 unspecified atom stereocenters. The van der Waals surface area contributed by atoms with Gasteiger partial charge in [-0.1, -0.05) is 5.92 Å². The van der Waals surface area contributed by atoms with Crippen LogP contribution in [0.3, 0.4) is 0 Å². The van der Waals surface area contributed by atoms with Gasteiger partial charge in [0.1, 0.15) is 0 Å². The fourth-order valence-electron chi connectivity index (χ4n) is 0.394. The van der Waals surface area contributed by atoms with Crippen molar-refractivity contribution in [2.75, 3.05) is 0 Å². The molecule has 0 amide bonds. The minimum Gasteiger partial charge on any atom is -0.205 e. The number of hydrogen-bond acceptors (Lipinski definition) is 0. The van der Waals surface area contributed by atoms with Crippen LogP contribution in [0.5, 0.6) is 0 Å². The van der Waals surface area contributed by atoms with Crippen LogP contribution in [0.15, 0.2) is 0 Å². The Bertz CT molecular complexity index is 121. The lowest BCUT2D eigenvalue weighted by Gasteiger charge is -1.82. The molecule has 1 aliphatic carbocycles. The van der Waals surface area contributed by atoms with Gasteiger partial charge in [0.05, 0.1) is 5.92 Å². The molecule has 0 aliphatic heterocycles. The van der Waals surface area contributed by atoms with Crippen LogP contribution in [0.2, 0.25) is 0 Å². The molecule has 0 bridgehead atoms. The SMILES string of the molecule is C#C[C@@H]1CC1(F)F. The zero-order valence-electron chi connectivity index (χ0n) is 3.62. The normalized spacial score (nSPS) is 34.1. The van der Waals surface area contributed by atoms with E-state index in [1.54, 1.807) is 0 Å². The van der Waals surface area contributed by atoms with Gasteiger partial charge in [-0.05, 0) is 0 Å². The van der Waals surface area contributed by atoms with Crippen LogP contribution < -0.4 is 0 Å². The maximum Gasteiger partial charge on any atom is 0.263 e. The van der Waals surface area contributed by atoms with Gasteiger partial charge in [-0.15, -0.1) is 6.42 Å². The average molecular weight is 102 g/mol. The Morgan fingerprint density at radius 2 is 2.14 bits per heavy atom. The average Bonchev–Trinajstić information content (AvgIpc) is 2.13. The van der Waals surface area contributed by atoms with Crippen molar-refractivity contribution in [1.29, 1.82) is 0 Å². The molecule has 1 atom stereocenters. The maximum atomic E-state index is 11.7. The quantitative estimate of drug-likeness (QED) is 0.404. The third kappa shape index (κ3) is 0.584. The van der Waals surface area contributed by atoms with Gasteiger partial charge in [0.25, 0.3) is 5.92 Å². The third-order valence-electron chi connectivity index (χ3n) is 1.03. The highest BCUT2D eigenvalue weighted by Crippen LogP contribution is 2.47. The van der Waals surface area contributed by atoms with Crippen LogP contribution in [0.1, 0.15) is 6.42 Å². The zero-order valence-corrected chi connectivity index (χ0v) is 3.62. The van der Waals surface area contributed by atoms with Crippen molar-refractivity contribution in [2.45, 2.75) is 12.3 Å². The molecule has 0 radical (unpaired) electrons. The van der Waals surface area contributed by atoms with Crippen molar-refractivity contribution in [3.05, 3.63) is 0 Å². The van der Waals surface area contributed by atoms with Crippen LogP contribution in [-0.2, 0) is 0 Å². The third-order valence-corrected chi connectivity index (χ3v) is 1.03. The Labute approximate surface area is 40.5 Å². The van der Waals surface area contributed by atoms with E-state index in [4.69, 9.17) is 0 Å². The number of halogens is 2. The predicted molar refractivity (Wildman–Crippen MR) is 21.9 cm³/mol. The predicted octanol–water partition coefficient (Wildman–Crippen LogP) is 1.27. The van der Waals surface area contributed by atoms with Gasteiger partial charge in [-0.2, -0.15) is 0 Å². The van der Waals surface area contributed by atoms with Gasteiger partial charge in [0, 0.05) is 6.42 Å². The van der Waals surface area contributed by atoms with Crippen LogP contribution in [0.4, 0.5) is 8.78 Å². The molecule has 1 rings (SSSR count). The minimum atomic E-state index is -2.52. The molecule has 0 aromatic rings. The Morgan fingerprint density at radius 1 is 1.71 bits per heavy atom. The van der Waals surface area contributed by atoms with Gasteiger partial charge in [0.2, 0.25) is 0 Å². The molecule has 1 saturated carbocycles. The van der Waals surface area contributed by atoms with Gasteiger partial charge in [-0.25, -0.2) is 8.78 Å². The first kappa shape index (κ1) is 4.58. The monoisotopic (exact) mass is 102 g/mol. The summed E-state index contributed by atoms with van der Waals surface area (Å²) in [5.41, 5.74) is 0. The molecule has 0 N–H and O–H groups in total. The number of alkyl halides is 2. The van der Waals surface area contributed by atoms with Gasteiger partial charge in [-0.3, -0.25) is 0 Å². The molecule has 1 fully saturated rings. The molecule has 0 saturated heterocycles. The van der Waals surface area contributed by atoms with Gasteiger partial charge < -0.3 is 0 Å². The molecule has 0 nitrogen and oxygen atoms in total. The Hall–Kier alpha value is -0.580. The summed E-state index contributed by atoms with van der Waals surface area (Å²) in [5.74, 6) is -1.30. The summed E-state index contributed by atoms with van der Waals surface area (Å²) in [6.07, 6.45) is 4.57. The fourth-order valence-corrected chi connectivity index (χ4v) is 0.394. The van der Waals surface area contributed by atoms with Crippen molar-refractivity contribution in [3.63, 3.8) is 0 Å². The molecule has 0 heterocycles. The highest BCUT2D eigenvalue weighted by atomic mass is 19.3. The Balaban J connectivity index is 2.49. The van der Waals surface area contributed by atoms with Crippen LogP contribution in [0, 0.1) is 18.3 Å². The van der Waals surface area contributed by atoms with E-state index in [2.05, 4.69) is 6.42 Å². The molecule has 0 aromatic carbocycles. The summed E-state index contributed by atoms with van der Waals surface area (Å²) < 4.78 is 23.3. The summed E-state index contributed by atoms with van der Waals surface area (Å²) in [6.45, 7) is 0. The largest absolute Gasteiger partial charge is 0.263 e. The Kier molecular flexibility index (Phi) is 0.637. The Morgan fingerprint density at radius 3 is 2.14 bits per heavy atom. The second-order valence-corrected chi connectivity index (χ2v) is 1.68. The summed E-state index contributed by atoms with van der Waals surface area (Å²) >= 11 is 0. The van der Waals surface area contributed by atoms with Crippen molar-refractivity contribution in [2.24, 2.45) is 5.92 Å². The molecule has 38 valence electrons. The smallest absolute Gasteiger partial charge is 0.205 e. The lowest BCUT2D eigenvalue weighted by atomic mass is 10.4. The van der Waals surface area contributed by atoms with E-state index in [-0.39, 0.29) is 6.42 Å². The second-order valence-electron chi connectivity index (χ2n) is 1.68. The van der Waals surface area contributed by atoms with Crippen LogP contribution in [0.25, 0.3) is 0 Å². The lowest BCUT2D eigenvalue weighted by Crippen LogP contribution is -1.88. The van der Waals surface area contributed by atoms with E-state index in [1.807, 2.05) is 5.92 Å². The minimum absolute atomic E-state index is 0.108. The molecular formula is C5H4F2. The number of rotatable bonds is 0. The summed E-state index contributed by atoms with van der Waals surface area (Å²) in [6, 6.07) is 0. The van der Waals surface area contributed by atoms with E-state index in [0.29, 0.717) is 0 Å². The highest BCUT2D eigenvalue weighted by molar-refractivity contribution is 5.12. The first-order valence-electron chi connectivity index (χ1n) is 2.01. The second kappa shape index (κ2) is 0.975. The summed E-state index contributed by atoms with van der Waals surface area (Å²) in [4.78, 5) is 0. The fraction of sp³-hybridized carbons (Fsp3) is 0.600. The van der Waals surface area contributed by atoms with Crippen molar-refractivity contribution in [3.8, 4) is 12.3 Å². The lowest BCUT2D eigenvalue weighted by molar-refractivity contribution is 0.109. The molecule has 0 aromatic heterocycles. The molecular weight excluding hydrogens is 98.1 g/mol. The van der Waals surface area contributed by atoms with Crippen LogP contribution in [-0.4, -0.2) is 5.92 Å². The van der Waals surface area contributed by atoms with Gasteiger partial charge >= 0.3 is 0 Å². The van der Waals surface area contributed by atoms with E-state index >= 15 is 0 Å². The standard InChI is InChI=1S/C5H4F2/c1-2-4-3-5(4,6)7/h1,4H,3H2/t4-/m1/s1. The first-order chi connectivity index (χ1) is 3.17. The van der Waals surface area contributed by atoms with Gasteiger partial charge in [0.15, 0.2) is 0 Å². The number of terminal acetylenes is 1. The summed E-state index contributed by atoms with van der Waals surface area (Å²) in [5, 5.41) is 0. The highest BCUT2D eigenvalue weighted by Gasteiger charge is 2.55. The molecule has 1 aliphatic rings. The molecule has 2 heteroatoms. The summed E-state index contributed by atoms with van der Waals surface area (Å²) in [7, 11) is 0. The van der Waals surface area contributed by atoms with Crippen molar-refractivity contribution in [1.82, 2.24) is 0 Å². The van der Waals surface area contributed by atoms with E-state index in [9.17, 15) is 8.78 Å². The maximum absolute atomic E-state index is 11.7. The molecule has 0 spiro atoms. The van der Waals surface area contributed by atoms with Crippen LogP contribution >= 0.6 is 0 Å². The zero-order chi connectivity index (χ0) is 5.49. The van der Waals surface area contributed by atoms with E-state index < -0.39 is 11.8 Å².